The summed E-state index contributed by atoms with van der Waals surface area (Å²) in [7, 11) is 6.10. The van der Waals surface area contributed by atoms with E-state index in [1.54, 1.807) is 52.2 Å². The maximum absolute atomic E-state index is 14.2. The van der Waals surface area contributed by atoms with Crippen LogP contribution in [0.15, 0.2) is 35.9 Å². The lowest BCUT2D eigenvalue weighted by atomic mass is 9.83. The summed E-state index contributed by atoms with van der Waals surface area (Å²) in [6.45, 7) is 8.51. The number of likely N-dealkylation sites (N-methyl/N-ethyl adjacent to an activating group) is 1. The monoisotopic (exact) mass is 760 g/mol. The summed E-state index contributed by atoms with van der Waals surface area (Å²) < 4.78 is 29.3. The lowest BCUT2D eigenvalue weighted by molar-refractivity contribution is -0.163. The van der Waals surface area contributed by atoms with Crippen molar-refractivity contribution < 1.29 is 48.0 Å². The Morgan fingerprint density at radius 2 is 1.89 bits per heavy atom. The Hall–Kier alpha value is -3.69. The first kappa shape index (κ1) is 40.5. The molecule has 1 aromatic rings. The molecule has 3 saturated heterocycles. The number of piperidine rings is 1. The standard InChI is InChI=1S/C38H53ClN4O10/c1-21-10-9-11-29(50-8)38(48)20-28(51-36(47)41-38)22(2)33-37(4,53-33)30(52-35(46)23(3)42(5)34(45)25-12-14-40-15-13-25)19-31(44)43(6)26-17-24(16-21)18-27(49-7)32(26)39/h9-11,17-18,22-23,25,28-30,33,40,48H,12-16,19-20H2,1-8H3,(H,41,47)/b11-9+,21-10+/t22-,23+,28+,29-,30+,33+,37+,38+/m1/s1. The number of benzene rings is 1. The SMILES string of the molecule is COc1cc2cc(c1Cl)N(C)C(=O)C[C@H](OC(=O)[C@H](C)N(C)C(=O)C1CCNCC1)[C@]1(C)O[C@H]1[C@H](C)[C@@H]1C[C@@](O)(NC(=O)O1)[C@H](OC)/C=C/C=C(\C)C2. The molecule has 53 heavy (non-hydrogen) atoms. The molecule has 0 aromatic heterocycles. The van der Waals surface area contributed by atoms with Gasteiger partial charge in [-0.3, -0.25) is 14.9 Å². The number of methoxy groups -OCH3 is 2. The Morgan fingerprint density at radius 1 is 1.19 bits per heavy atom. The summed E-state index contributed by atoms with van der Waals surface area (Å²) in [5.74, 6) is -1.61. The Morgan fingerprint density at radius 3 is 2.55 bits per heavy atom. The molecule has 1 aromatic carbocycles. The first-order valence-electron chi connectivity index (χ1n) is 18.1. The van der Waals surface area contributed by atoms with Gasteiger partial charge in [-0.15, -0.1) is 0 Å². The van der Waals surface area contributed by atoms with E-state index in [2.05, 4.69) is 10.6 Å². The highest BCUT2D eigenvalue weighted by molar-refractivity contribution is 6.35. The van der Waals surface area contributed by atoms with Crippen molar-refractivity contribution in [1.82, 2.24) is 15.5 Å². The Kier molecular flexibility index (Phi) is 12.5. The molecule has 4 aliphatic heterocycles. The van der Waals surface area contributed by atoms with Crippen LogP contribution in [0.3, 0.4) is 0 Å². The highest BCUT2D eigenvalue weighted by Crippen LogP contribution is 2.49. The molecule has 14 nitrogen and oxygen atoms in total. The lowest BCUT2D eigenvalue weighted by Crippen LogP contribution is -2.63. The van der Waals surface area contributed by atoms with Crippen molar-refractivity contribution in [2.75, 3.05) is 46.3 Å². The van der Waals surface area contributed by atoms with Gasteiger partial charge in [0.1, 0.15) is 40.7 Å². The number of allylic oxidation sites excluding steroid dienone is 3. The fourth-order valence-electron chi connectivity index (χ4n) is 7.55. The number of rotatable bonds is 6. The minimum absolute atomic E-state index is 0.0434. The number of epoxide rings is 1. The second kappa shape index (κ2) is 16.4. The summed E-state index contributed by atoms with van der Waals surface area (Å²) in [5.41, 5.74) is -0.876. The number of halogens is 1. The number of anilines is 1. The highest BCUT2D eigenvalue weighted by atomic mass is 35.5. The van der Waals surface area contributed by atoms with Gasteiger partial charge in [0.25, 0.3) is 0 Å². The minimum atomic E-state index is -1.82. The number of aliphatic hydroxyl groups is 1. The third kappa shape index (κ3) is 8.67. The Balaban J connectivity index is 1.51. The molecule has 4 aliphatic rings. The van der Waals surface area contributed by atoms with E-state index >= 15 is 0 Å². The van der Waals surface area contributed by atoms with Gasteiger partial charge in [-0.2, -0.15) is 0 Å². The first-order valence-corrected chi connectivity index (χ1v) is 18.5. The van der Waals surface area contributed by atoms with Gasteiger partial charge in [0.05, 0.1) is 25.3 Å². The van der Waals surface area contributed by atoms with Crippen LogP contribution in [-0.4, -0.2) is 117 Å². The van der Waals surface area contributed by atoms with Gasteiger partial charge in [-0.25, -0.2) is 9.59 Å². The molecule has 292 valence electrons. The zero-order chi connectivity index (χ0) is 38.8. The summed E-state index contributed by atoms with van der Waals surface area (Å²) in [6.07, 6.45) is 2.36. The minimum Gasteiger partial charge on any atom is -0.495 e. The van der Waals surface area contributed by atoms with Crippen LogP contribution in [0.2, 0.25) is 5.02 Å². The molecule has 3 amide bonds. The molecule has 4 heterocycles. The largest absolute Gasteiger partial charge is 0.495 e. The van der Waals surface area contributed by atoms with Crippen molar-refractivity contribution >= 4 is 41.2 Å². The zero-order valence-electron chi connectivity index (χ0n) is 31.8. The number of ether oxygens (including phenoxy) is 5. The Bertz CT molecular complexity index is 1630. The topological polar surface area (TPSA) is 168 Å². The predicted octanol–water partition coefficient (Wildman–Crippen LogP) is 3.51. The summed E-state index contributed by atoms with van der Waals surface area (Å²) in [5, 5.41) is 17.7. The normalized spacial score (nSPS) is 33.3. The van der Waals surface area contributed by atoms with Gasteiger partial charge in [0, 0.05) is 39.5 Å². The number of carbonyl (C=O) groups is 4. The smallest absolute Gasteiger partial charge is 0.409 e. The number of hydrogen-bond acceptors (Lipinski definition) is 11. The van der Waals surface area contributed by atoms with Crippen LogP contribution in [-0.2, 0) is 39.8 Å². The van der Waals surface area contributed by atoms with Crippen LogP contribution in [0.25, 0.3) is 0 Å². The van der Waals surface area contributed by atoms with Crippen molar-refractivity contribution in [3.8, 4) is 5.75 Å². The maximum Gasteiger partial charge on any atom is 0.409 e. The van der Waals surface area contributed by atoms with E-state index in [1.807, 2.05) is 19.9 Å². The number of alkyl carbamates (subject to hydrolysis) is 1. The summed E-state index contributed by atoms with van der Waals surface area (Å²) in [4.78, 5) is 57.0. The Labute approximate surface area is 316 Å². The van der Waals surface area contributed by atoms with Crippen molar-refractivity contribution in [3.63, 3.8) is 0 Å². The molecule has 5 rings (SSSR count). The van der Waals surface area contributed by atoms with Crippen LogP contribution in [0.4, 0.5) is 10.5 Å². The van der Waals surface area contributed by atoms with Gasteiger partial charge in [-0.1, -0.05) is 42.3 Å². The summed E-state index contributed by atoms with van der Waals surface area (Å²) in [6, 6.07) is 2.65. The quantitative estimate of drug-likeness (QED) is 0.287. The molecular formula is C38H53ClN4O10. The average Bonchev–Trinajstić information content (AvgIpc) is 3.83. The zero-order valence-corrected chi connectivity index (χ0v) is 32.5. The van der Waals surface area contributed by atoms with Gasteiger partial charge in [0.15, 0.2) is 5.72 Å². The summed E-state index contributed by atoms with van der Waals surface area (Å²) >= 11 is 6.77. The molecule has 4 bridgehead atoms. The van der Waals surface area contributed by atoms with E-state index < -0.39 is 65.7 Å². The number of esters is 1. The number of amides is 3. The molecule has 8 atom stereocenters. The number of carbonyl (C=O) groups excluding carboxylic acids is 4. The van der Waals surface area contributed by atoms with Gasteiger partial charge in [0.2, 0.25) is 11.8 Å². The third-order valence-corrected chi connectivity index (χ3v) is 11.5. The molecule has 3 fully saturated rings. The van der Waals surface area contributed by atoms with E-state index in [0.29, 0.717) is 30.7 Å². The maximum atomic E-state index is 14.2. The molecule has 0 unspecified atom stereocenters. The van der Waals surface area contributed by atoms with Crippen LogP contribution >= 0.6 is 11.6 Å². The van der Waals surface area contributed by atoms with Crippen LogP contribution < -0.4 is 20.3 Å². The van der Waals surface area contributed by atoms with E-state index in [9.17, 15) is 24.3 Å². The highest BCUT2D eigenvalue weighted by Gasteiger charge is 2.64. The van der Waals surface area contributed by atoms with E-state index in [1.165, 1.54) is 24.0 Å². The molecule has 0 saturated carbocycles. The van der Waals surface area contributed by atoms with Crippen molar-refractivity contribution in [2.45, 2.75) is 102 Å². The number of nitrogens with zero attached hydrogens (tertiary/aromatic N) is 2. The molecule has 0 aliphatic carbocycles. The average molecular weight is 761 g/mol. The second-order valence-electron chi connectivity index (χ2n) is 14.9. The fraction of sp³-hybridized carbons (Fsp3) is 0.632. The fourth-order valence-corrected chi connectivity index (χ4v) is 7.86. The number of hydrogen-bond donors (Lipinski definition) is 3. The van der Waals surface area contributed by atoms with E-state index in [4.69, 9.17) is 35.3 Å². The van der Waals surface area contributed by atoms with Crippen molar-refractivity contribution in [3.05, 3.63) is 46.5 Å². The molecule has 3 N–H and O–H groups in total. The van der Waals surface area contributed by atoms with Gasteiger partial charge in [-0.05, 0) is 70.8 Å². The van der Waals surface area contributed by atoms with Crippen molar-refractivity contribution in [2.24, 2.45) is 11.8 Å². The molecule has 0 radical (unpaired) electrons. The van der Waals surface area contributed by atoms with Crippen LogP contribution in [0, 0.1) is 11.8 Å². The van der Waals surface area contributed by atoms with E-state index in [0.717, 1.165) is 24.2 Å². The third-order valence-electron chi connectivity index (χ3n) is 11.2. The predicted molar refractivity (Wildman–Crippen MR) is 197 cm³/mol. The van der Waals surface area contributed by atoms with Gasteiger partial charge < -0.3 is 43.9 Å². The first-order chi connectivity index (χ1) is 25.0. The molecular weight excluding hydrogens is 708 g/mol. The number of fused-ring (bicyclic) bond motifs is 5. The lowest BCUT2D eigenvalue weighted by Gasteiger charge is -2.42. The number of nitrogens with one attached hydrogen (secondary N) is 2. The van der Waals surface area contributed by atoms with Crippen molar-refractivity contribution in [1.29, 1.82) is 0 Å². The van der Waals surface area contributed by atoms with Gasteiger partial charge >= 0.3 is 12.1 Å². The van der Waals surface area contributed by atoms with E-state index in [-0.39, 0.29) is 29.7 Å². The second-order valence-corrected chi connectivity index (χ2v) is 15.3. The van der Waals surface area contributed by atoms with Crippen LogP contribution in [0.5, 0.6) is 5.75 Å². The van der Waals surface area contributed by atoms with Crippen LogP contribution in [0.1, 0.15) is 58.9 Å². The molecule has 15 heteroatoms. The molecule has 0 spiro atoms.